The number of rotatable bonds is 10. The quantitative estimate of drug-likeness (QED) is 0.297. The maximum atomic E-state index is 9.80. The summed E-state index contributed by atoms with van der Waals surface area (Å²) in [5.41, 5.74) is 6.72. The summed E-state index contributed by atoms with van der Waals surface area (Å²) in [6.45, 7) is 5.22. The van der Waals surface area contributed by atoms with Crippen LogP contribution in [0.3, 0.4) is 0 Å². The zero-order chi connectivity index (χ0) is 25.3. The molecule has 0 spiro atoms. The molecule has 2 N–H and O–H groups in total. The van der Waals surface area contributed by atoms with E-state index < -0.39 is 0 Å². The summed E-state index contributed by atoms with van der Waals surface area (Å²) >= 11 is 0. The van der Waals surface area contributed by atoms with E-state index in [1.807, 2.05) is 12.1 Å². The van der Waals surface area contributed by atoms with Gasteiger partial charge in [-0.2, -0.15) is 0 Å². The molecule has 0 aromatic heterocycles. The predicted octanol–water partition coefficient (Wildman–Crippen LogP) is 6.96. The van der Waals surface area contributed by atoms with E-state index in [0.29, 0.717) is 11.7 Å². The average Bonchev–Trinajstić information content (AvgIpc) is 3.21. The summed E-state index contributed by atoms with van der Waals surface area (Å²) < 4.78 is 6.02. The van der Waals surface area contributed by atoms with Gasteiger partial charge in [0.1, 0.15) is 18.1 Å². The van der Waals surface area contributed by atoms with Gasteiger partial charge in [0, 0.05) is 18.8 Å². The van der Waals surface area contributed by atoms with E-state index in [-0.39, 0.29) is 0 Å². The second-order valence-electron chi connectivity index (χ2n) is 10.8. The fourth-order valence-corrected chi connectivity index (χ4v) is 5.94. The first kappa shape index (κ1) is 25.7. The molecule has 1 aliphatic heterocycles. The van der Waals surface area contributed by atoms with Crippen molar-refractivity contribution in [2.45, 2.75) is 63.7 Å². The van der Waals surface area contributed by atoms with Gasteiger partial charge in [-0.3, -0.25) is 4.90 Å². The fraction of sp³-hybridized carbons (Fsp3) is 0.455. The maximum Gasteiger partial charge on any atom is 0.119 e. The lowest BCUT2D eigenvalue weighted by Crippen LogP contribution is -2.29. The molecule has 37 heavy (non-hydrogen) atoms. The third-order valence-corrected chi connectivity index (χ3v) is 8.07. The molecule has 0 radical (unpaired) electrons. The van der Waals surface area contributed by atoms with Crippen LogP contribution in [0.1, 0.15) is 66.7 Å². The smallest absolute Gasteiger partial charge is 0.119 e. The van der Waals surface area contributed by atoms with Gasteiger partial charge < -0.3 is 15.2 Å². The second-order valence-corrected chi connectivity index (χ2v) is 10.8. The normalized spacial score (nSPS) is 18.1. The highest BCUT2D eigenvalue weighted by atomic mass is 16.5. The van der Waals surface area contributed by atoms with Gasteiger partial charge in [-0.25, -0.2) is 0 Å². The van der Waals surface area contributed by atoms with Crippen LogP contribution in [0.15, 0.2) is 66.7 Å². The average molecular weight is 499 g/mol. The van der Waals surface area contributed by atoms with Crippen molar-refractivity contribution in [1.82, 2.24) is 4.90 Å². The number of anilines is 1. The number of likely N-dealkylation sites (tertiary alicyclic amines) is 1. The minimum absolute atomic E-state index is 0.379. The fourth-order valence-electron chi connectivity index (χ4n) is 5.94. The molecule has 2 aliphatic rings. The summed E-state index contributed by atoms with van der Waals surface area (Å²) in [6, 6.07) is 23.3. The molecule has 3 aromatic rings. The summed E-state index contributed by atoms with van der Waals surface area (Å²) in [6.07, 6.45) is 10.8. The van der Waals surface area contributed by atoms with Crippen molar-refractivity contribution in [3.05, 3.63) is 89.0 Å². The molecule has 4 heteroatoms. The predicted molar refractivity (Wildman–Crippen MR) is 153 cm³/mol. The van der Waals surface area contributed by atoms with Crippen LogP contribution in [-0.2, 0) is 19.3 Å². The van der Waals surface area contributed by atoms with Crippen LogP contribution in [0.4, 0.5) is 5.69 Å². The van der Waals surface area contributed by atoms with Gasteiger partial charge in [0.2, 0.25) is 0 Å². The first-order chi connectivity index (χ1) is 18.2. The summed E-state index contributed by atoms with van der Waals surface area (Å²) in [5, 5.41) is 13.5. The van der Waals surface area contributed by atoms with Gasteiger partial charge in [0.15, 0.2) is 0 Å². The summed E-state index contributed by atoms with van der Waals surface area (Å²) in [5.74, 6) is 1.88. The third kappa shape index (κ3) is 7.29. The van der Waals surface area contributed by atoms with E-state index >= 15 is 0 Å². The first-order valence-electron chi connectivity index (χ1n) is 14.3. The number of fused-ring (bicyclic) bond motifs is 1. The van der Waals surface area contributed by atoms with Crippen molar-refractivity contribution in [2.24, 2.45) is 0 Å². The molecule has 0 amide bonds. The van der Waals surface area contributed by atoms with Crippen molar-refractivity contribution < 1.29 is 9.84 Å². The third-order valence-electron chi connectivity index (χ3n) is 8.07. The van der Waals surface area contributed by atoms with Crippen molar-refractivity contribution >= 4 is 5.69 Å². The zero-order valence-electron chi connectivity index (χ0n) is 22.1. The Morgan fingerprint density at radius 1 is 0.892 bits per heavy atom. The van der Waals surface area contributed by atoms with Crippen LogP contribution in [-0.4, -0.2) is 42.8 Å². The van der Waals surface area contributed by atoms with Crippen LogP contribution in [0.5, 0.6) is 11.5 Å². The highest BCUT2D eigenvalue weighted by molar-refractivity contribution is 5.54. The molecular weight excluding hydrogens is 456 g/mol. The molecule has 4 nitrogen and oxygen atoms in total. The zero-order valence-corrected chi connectivity index (χ0v) is 22.1. The monoisotopic (exact) mass is 498 g/mol. The Hall–Kier alpha value is -2.98. The van der Waals surface area contributed by atoms with E-state index in [9.17, 15) is 5.11 Å². The van der Waals surface area contributed by atoms with Gasteiger partial charge >= 0.3 is 0 Å². The summed E-state index contributed by atoms with van der Waals surface area (Å²) in [7, 11) is 0. The number of nitrogens with zero attached hydrogens (tertiary/aromatic N) is 1. The molecule has 1 unspecified atom stereocenters. The molecule has 5 rings (SSSR count). The Bertz CT molecular complexity index is 1120. The number of hydrogen-bond donors (Lipinski definition) is 2. The molecule has 1 aliphatic carbocycles. The number of hydrogen-bond acceptors (Lipinski definition) is 4. The number of benzene rings is 3. The summed E-state index contributed by atoms with van der Waals surface area (Å²) in [4.78, 5) is 2.55. The molecule has 1 saturated heterocycles. The minimum Gasteiger partial charge on any atom is -0.508 e. The minimum atomic E-state index is 0.379. The number of aromatic hydroxyl groups is 1. The van der Waals surface area contributed by atoms with Gasteiger partial charge in [0.25, 0.3) is 0 Å². The van der Waals surface area contributed by atoms with Gasteiger partial charge in [-0.15, -0.1) is 0 Å². The Morgan fingerprint density at radius 2 is 1.70 bits per heavy atom. The highest BCUT2D eigenvalue weighted by Gasteiger charge is 2.22. The Balaban J connectivity index is 1.06. The number of phenolic OH excluding ortho intramolecular Hbond substituents is 1. The molecule has 1 atom stereocenters. The first-order valence-corrected chi connectivity index (χ1v) is 14.3. The van der Waals surface area contributed by atoms with Crippen LogP contribution < -0.4 is 10.1 Å². The molecule has 1 heterocycles. The molecule has 0 saturated carbocycles. The maximum absolute atomic E-state index is 9.80. The standard InChI is InChI=1S/C33H42N2O2/c36-30-16-15-27-24-29(14-13-28(27)25-30)32-9-3-4-10-33(32)34-19-7-8-26-11-17-31(18-12-26)37-23-22-35-20-5-1-2-6-21-35/h3-4,9-12,15-18,25,29,34,36H,1-2,5-8,13-14,19-24H2. The van der Waals surface area contributed by atoms with Gasteiger partial charge in [-0.05, 0) is 117 Å². The van der Waals surface area contributed by atoms with E-state index in [1.165, 1.54) is 66.7 Å². The van der Waals surface area contributed by atoms with Crippen LogP contribution in [0.2, 0.25) is 0 Å². The molecule has 1 fully saturated rings. The van der Waals surface area contributed by atoms with Crippen molar-refractivity contribution in [1.29, 1.82) is 0 Å². The van der Waals surface area contributed by atoms with E-state index in [0.717, 1.165) is 57.6 Å². The van der Waals surface area contributed by atoms with Gasteiger partial charge in [-0.1, -0.05) is 49.2 Å². The van der Waals surface area contributed by atoms with Crippen LogP contribution in [0, 0.1) is 0 Å². The number of nitrogens with one attached hydrogen (secondary N) is 1. The SMILES string of the molecule is Oc1ccc2c(c1)CCC(c1ccccc1NCCCc1ccc(OCCN3CCCCCC3)cc1)C2. The Morgan fingerprint density at radius 3 is 2.54 bits per heavy atom. The lowest BCUT2D eigenvalue weighted by molar-refractivity contribution is 0.214. The molecular formula is C33H42N2O2. The lowest BCUT2D eigenvalue weighted by atomic mass is 9.79. The number of phenols is 1. The second kappa shape index (κ2) is 13.0. The van der Waals surface area contributed by atoms with Crippen LogP contribution in [0.25, 0.3) is 0 Å². The van der Waals surface area contributed by atoms with E-state index in [2.05, 4.69) is 64.8 Å². The van der Waals surface area contributed by atoms with Crippen molar-refractivity contribution in [3.63, 3.8) is 0 Å². The Kier molecular flexibility index (Phi) is 9.02. The molecule has 0 bridgehead atoms. The molecule has 3 aromatic carbocycles. The number of para-hydroxylation sites is 1. The van der Waals surface area contributed by atoms with Gasteiger partial charge in [0.05, 0.1) is 0 Å². The van der Waals surface area contributed by atoms with Crippen LogP contribution >= 0.6 is 0 Å². The van der Waals surface area contributed by atoms with Crippen molar-refractivity contribution in [3.8, 4) is 11.5 Å². The number of ether oxygens (including phenoxy) is 1. The largest absolute Gasteiger partial charge is 0.508 e. The topological polar surface area (TPSA) is 44.7 Å². The van der Waals surface area contributed by atoms with E-state index in [1.54, 1.807) is 0 Å². The lowest BCUT2D eigenvalue weighted by Gasteiger charge is -2.27. The van der Waals surface area contributed by atoms with Crippen molar-refractivity contribution in [2.75, 3.05) is 38.1 Å². The highest BCUT2D eigenvalue weighted by Crippen LogP contribution is 2.37. The number of aryl methyl sites for hydroxylation is 2. The molecule has 196 valence electrons. The Labute approximate surface area is 222 Å². The van der Waals surface area contributed by atoms with E-state index in [4.69, 9.17) is 4.74 Å².